The van der Waals surface area contributed by atoms with Crippen molar-refractivity contribution in [1.82, 2.24) is 4.90 Å². The number of aliphatic hydroxyl groups excluding tert-OH is 1. The summed E-state index contributed by atoms with van der Waals surface area (Å²) >= 11 is 0. The summed E-state index contributed by atoms with van der Waals surface area (Å²) in [7, 11) is 1.65. The number of aliphatic hydroxyl groups is 1. The molecule has 4 nitrogen and oxygen atoms in total. The molecule has 0 aliphatic carbocycles. The van der Waals surface area contributed by atoms with Crippen LogP contribution >= 0.6 is 0 Å². The van der Waals surface area contributed by atoms with Crippen LogP contribution in [0.5, 0.6) is 11.5 Å². The van der Waals surface area contributed by atoms with Gasteiger partial charge in [-0.15, -0.1) is 0 Å². The minimum absolute atomic E-state index is 0.197. The minimum atomic E-state index is 0.197. The normalized spacial score (nSPS) is 10.7. The van der Waals surface area contributed by atoms with Crippen LogP contribution in [0.3, 0.4) is 0 Å². The van der Waals surface area contributed by atoms with E-state index in [2.05, 4.69) is 11.8 Å². The second-order valence-corrected chi connectivity index (χ2v) is 4.09. The van der Waals surface area contributed by atoms with Crippen LogP contribution in [0.2, 0.25) is 0 Å². The molecule has 0 fully saturated rings. The summed E-state index contributed by atoms with van der Waals surface area (Å²) in [5, 5.41) is 8.94. The molecule has 1 rings (SSSR count). The van der Waals surface area contributed by atoms with Crippen molar-refractivity contribution in [3.63, 3.8) is 0 Å². The van der Waals surface area contributed by atoms with Crippen LogP contribution in [-0.4, -0.2) is 50.0 Å². The molecule has 1 aromatic carbocycles. The van der Waals surface area contributed by atoms with Gasteiger partial charge >= 0.3 is 0 Å². The molecule has 0 radical (unpaired) electrons. The fourth-order valence-corrected chi connectivity index (χ4v) is 1.76. The van der Waals surface area contributed by atoms with Crippen LogP contribution in [0, 0.1) is 0 Å². The predicted molar refractivity (Wildman–Crippen MR) is 72.3 cm³/mol. The molecular weight excluding hydrogens is 230 g/mol. The van der Waals surface area contributed by atoms with Crippen molar-refractivity contribution in [2.75, 3.05) is 40.0 Å². The molecule has 0 spiro atoms. The molecule has 1 N–H and O–H groups in total. The molecule has 0 aromatic heterocycles. The van der Waals surface area contributed by atoms with Gasteiger partial charge in [0.05, 0.1) is 13.7 Å². The topological polar surface area (TPSA) is 41.9 Å². The molecule has 18 heavy (non-hydrogen) atoms. The zero-order valence-electron chi connectivity index (χ0n) is 11.3. The highest BCUT2D eigenvalue weighted by Gasteiger charge is 2.03. The Labute approximate surface area is 109 Å². The molecule has 1 aromatic rings. The summed E-state index contributed by atoms with van der Waals surface area (Å²) in [6.45, 7) is 5.50. The zero-order valence-corrected chi connectivity index (χ0v) is 11.3. The van der Waals surface area contributed by atoms with Crippen LogP contribution in [0.1, 0.15) is 13.3 Å². The molecule has 0 saturated carbocycles. The van der Waals surface area contributed by atoms with E-state index < -0.39 is 0 Å². The lowest BCUT2D eigenvalue weighted by atomic mass is 10.3. The van der Waals surface area contributed by atoms with Crippen molar-refractivity contribution in [2.24, 2.45) is 0 Å². The third-order valence-corrected chi connectivity index (χ3v) is 2.69. The second kappa shape index (κ2) is 8.78. The quantitative estimate of drug-likeness (QED) is 0.728. The molecule has 0 atom stereocenters. The SMILES string of the molecule is CCCN(CCO)CCOc1ccc(OC)cc1. The Morgan fingerprint density at radius 2 is 1.72 bits per heavy atom. The van der Waals surface area contributed by atoms with E-state index in [-0.39, 0.29) is 6.61 Å². The van der Waals surface area contributed by atoms with Crippen molar-refractivity contribution in [2.45, 2.75) is 13.3 Å². The van der Waals surface area contributed by atoms with Gasteiger partial charge in [0.2, 0.25) is 0 Å². The van der Waals surface area contributed by atoms with Gasteiger partial charge in [0, 0.05) is 13.1 Å². The predicted octanol–water partition coefficient (Wildman–Crippen LogP) is 1.78. The molecule has 0 heterocycles. The molecule has 0 saturated heterocycles. The van der Waals surface area contributed by atoms with Gasteiger partial charge < -0.3 is 14.6 Å². The van der Waals surface area contributed by atoms with Crippen molar-refractivity contribution in [3.05, 3.63) is 24.3 Å². The Balaban J connectivity index is 2.30. The number of nitrogens with zero attached hydrogens (tertiary/aromatic N) is 1. The van der Waals surface area contributed by atoms with Crippen molar-refractivity contribution < 1.29 is 14.6 Å². The average Bonchev–Trinajstić information content (AvgIpc) is 2.40. The molecular formula is C14H23NO3. The lowest BCUT2D eigenvalue weighted by Crippen LogP contribution is -2.31. The van der Waals surface area contributed by atoms with E-state index in [1.54, 1.807) is 7.11 Å². The third kappa shape index (κ3) is 5.38. The molecule has 0 unspecified atom stereocenters. The van der Waals surface area contributed by atoms with Crippen LogP contribution in [0.15, 0.2) is 24.3 Å². The highest BCUT2D eigenvalue weighted by Crippen LogP contribution is 2.16. The molecule has 4 heteroatoms. The number of ether oxygens (including phenoxy) is 2. The van der Waals surface area contributed by atoms with Gasteiger partial charge in [0.25, 0.3) is 0 Å². The van der Waals surface area contributed by atoms with Crippen molar-refractivity contribution in [1.29, 1.82) is 0 Å². The van der Waals surface area contributed by atoms with Gasteiger partial charge in [0.1, 0.15) is 18.1 Å². The van der Waals surface area contributed by atoms with Gasteiger partial charge in [-0.05, 0) is 37.2 Å². The first-order valence-corrected chi connectivity index (χ1v) is 6.40. The van der Waals surface area contributed by atoms with Gasteiger partial charge in [-0.2, -0.15) is 0 Å². The van der Waals surface area contributed by atoms with E-state index in [1.165, 1.54) is 0 Å². The van der Waals surface area contributed by atoms with Crippen LogP contribution < -0.4 is 9.47 Å². The summed E-state index contributed by atoms with van der Waals surface area (Å²) in [5.41, 5.74) is 0. The van der Waals surface area contributed by atoms with Crippen LogP contribution in [0.4, 0.5) is 0 Å². The molecule has 0 bridgehead atoms. The van der Waals surface area contributed by atoms with Gasteiger partial charge in [-0.3, -0.25) is 4.90 Å². The summed E-state index contributed by atoms with van der Waals surface area (Å²) in [6.07, 6.45) is 1.09. The standard InChI is InChI=1S/C14H23NO3/c1-3-8-15(9-11-16)10-12-18-14-6-4-13(17-2)5-7-14/h4-7,16H,3,8-12H2,1-2H3. The summed E-state index contributed by atoms with van der Waals surface area (Å²) in [4.78, 5) is 2.20. The maximum absolute atomic E-state index is 8.94. The first kappa shape index (κ1) is 14.8. The number of benzene rings is 1. The van der Waals surface area contributed by atoms with Crippen molar-refractivity contribution in [3.8, 4) is 11.5 Å². The Kier molecular flexibility index (Phi) is 7.22. The lowest BCUT2D eigenvalue weighted by molar-refractivity contribution is 0.168. The molecule has 0 aliphatic heterocycles. The highest BCUT2D eigenvalue weighted by atomic mass is 16.5. The second-order valence-electron chi connectivity index (χ2n) is 4.09. The smallest absolute Gasteiger partial charge is 0.119 e. The van der Waals surface area contributed by atoms with Gasteiger partial charge in [-0.25, -0.2) is 0 Å². The number of hydrogen-bond donors (Lipinski definition) is 1. The van der Waals surface area contributed by atoms with Crippen molar-refractivity contribution >= 4 is 0 Å². The van der Waals surface area contributed by atoms with E-state index in [0.717, 1.165) is 31.0 Å². The van der Waals surface area contributed by atoms with Crippen LogP contribution in [-0.2, 0) is 0 Å². The minimum Gasteiger partial charge on any atom is -0.497 e. The summed E-state index contributed by atoms with van der Waals surface area (Å²) in [5.74, 6) is 1.67. The number of hydrogen-bond acceptors (Lipinski definition) is 4. The van der Waals surface area contributed by atoms with E-state index in [1.807, 2.05) is 24.3 Å². The maximum Gasteiger partial charge on any atom is 0.119 e. The number of methoxy groups -OCH3 is 1. The Bertz CT molecular complexity index is 307. The summed E-state index contributed by atoms with van der Waals surface area (Å²) in [6, 6.07) is 7.56. The Morgan fingerprint density at radius 1 is 1.06 bits per heavy atom. The Hall–Kier alpha value is -1.26. The largest absolute Gasteiger partial charge is 0.497 e. The molecule has 102 valence electrons. The maximum atomic E-state index is 8.94. The first-order chi connectivity index (χ1) is 8.80. The summed E-state index contributed by atoms with van der Waals surface area (Å²) < 4.78 is 10.7. The highest BCUT2D eigenvalue weighted by molar-refractivity contribution is 5.31. The molecule has 0 aliphatic rings. The van der Waals surface area contributed by atoms with E-state index in [0.29, 0.717) is 13.2 Å². The fraction of sp³-hybridized carbons (Fsp3) is 0.571. The molecule has 0 amide bonds. The number of rotatable bonds is 9. The average molecular weight is 253 g/mol. The lowest BCUT2D eigenvalue weighted by Gasteiger charge is -2.20. The first-order valence-electron chi connectivity index (χ1n) is 6.40. The monoisotopic (exact) mass is 253 g/mol. The Morgan fingerprint density at radius 3 is 2.28 bits per heavy atom. The van der Waals surface area contributed by atoms with E-state index in [4.69, 9.17) is 14.6 Å². The third-order valence-electron chi connectivity index (χ3n) is 2.69. The fourth-order valence-electron chi connectivity index (χ4n) is 1.76. The van der Waals surface area contributed by atoms with Gasteiger partial charge in [0.15, 0.2) is 0 Å². The van der Waals surface area contributed by atoms with Crippen LogP contribution in [0.25, 0.3) is 0 Å². The van der Waals surface area contributed by atoms with E-state index in [9.17, 15) is 0 Å². The van der Waals surface area contributed by atoms with Gasteiger partial charge in [-0.1, -0.05) is 6.92 Å². The van der Waals surface area contributed by atoms with E-state index >= 15 is 0 Å². The zero-order chi connectivity index (χ0) is 13.2.